The monoisotopic (exact) mass is 416 g/mol. The molecule has 6 nitrogen and oxygen atoms in total. The lowest BCUT2D eigenvalue weighted by Crippen LogP contribution is -2.49. The summed E-state index contributed by atoms with van der Waals surface area (Å²) in [4.78, 5) is 21.3. The fourth-order valence-electron chi connectivity index (χ4n) is 3.62. The van der Waals surface area contributed by atoms with Crippen LogP contribution in [0.1, 0.15) is 11.1 Å². The van der Waals surface area contributed by atoms with Crippen LogP contribution in [0.15, 0.2) is 79.0 Å². The zero-order valence-corrected chi connectivity index (χ0v) is 17.6. The van der Waals surface area contributed by atoms with Gasteiger partial charge in [-0.25, -0.2) is 4.98 Å². The highest BCUT2D eigenvalue weighted by Gasteiger charge is 2.19. The van der Waals surface area contributed by atoms with E-state index in [9.17, 15) is 4.79 Å². The number of pyridine rings is 1. The van der Waals surface area contributed by atoms with Gasteiger partial charge in [0.25, 0.3) is 0 Å². The highest BCUT2D eigenvalue weighted by Crippen LogP contribution is 2.15. The second-order valence-corrected chi connectivity index (χ2v) is 7.65. The maximum atomic E-state index is 12.4. The Bertz CT molecular complexity index is 958. The van der Waals surface area contributed by atoms with Crippen LogP contribution < -0.4 is 15.0 Å². The second-order valence-electron chi connectivity index (χ2n) is 7.65. The average Bonchev–Trinajstić information content (AvgIpc) is 2.83. The molecule has 1 saturated heterocycles. The zero-order chi connectivity index (χ0) is 21.3. The molecule has 2 heterocycles. The molecule has 2 aromatic carbocycles. The molecule has 0 radical (unpaired) electrons. The maximum absolute atomic E-state index is 12.4. The standard InChI is InChI=1S/C25H28N4O2/c30-25(19-28-13-15-29(16-14-28)24-11-4-5-12-26-24)27-18-22-9-6-10-23(17-22)31-20-21-7-2-1-3-8-21/h1-12,17H,13-16,18-20H2,(H,27,30). The third-order valence-electron chi connectivity index (χ3n) is 5.35. The second kappa shape index (κ2) is 10.6. The molecule has 0 bridgehead atoms. The number of carbonyl (C=O) groups is 1. The molecule has 0 atom stereocenters. The zero-order valence-electron chi connectivity index (χ0n) is 17.6. The third-order valence-corrected chi connectivity index (χ3v) is 5.35. The Morgan fingerprint density at radius 3 is 2.45 bits per heavy atom. The van der Waals surface area contributed by atoms with E-state index in [0.29, 0.717) is 19.7 Å². The van der Waals surface area contributed by atoms with Gasteiger partial charge in [0.1, 0.15) is 18.2 Å². The van der Waals surface area contributed by atoms with Crippen LogP contribution in [-0.2, 0) is 17.9 Å². The number of aromatic nitrogens is 1. The lowest BCUT2D eigenvalue weighted by molar-refractivity contribution is -0.122. The molecule has 1 aliphatic heterocycles. The van der Waals surface area contributed by atoms with Gasteiger partial charge in [-0.15, -0.1) is 0 Å². The van der Waals surface area contributed by atoms with Crippen LogP contribution in [0.3, 0.4) is 0 Å². The van der Waals surface area contributed by atoms with Crippen LogP contribution in [0.4, 0.5) is 5.82 Å². The average molecular weight is 417 g/mol. The molecule has 160 valence electrons. The number of carbonyl (C=O) groups excluding carboxylic acids is 1. The van der Waals surface area contributed by atoms with Gasteiger partial charge in [0.2, 0.25) is 5.91 Å². The first kappa shape index (κ1) is 20.9. The minimum Gasteiger partial charge on any atom is -0.489 e. The molecular weight excluding hydrogens is 388 g/mol. The van der Waals surface area contributed by atoms with Crippen molar-refractivity contribution in [1.29, 1.82) is 0 Å². The van der Waals surface area contributed by atoms with Crippen molar-refractivity contribution in [2.24, 2.45) is 0 Å². The maximum Gasteiger partial charge on any atom is 0.234 e. The van der Waals surface area contributed by atoms with E-state index in [-0.39, 0.29) is 5.91 Å². The first-order valence-electron chi connectivity index (χ1n) is 10.7. The van der Waals surface area contributed by atoms with Gasteiger partial charge in [-0.1, -0.05) is 48.5 Å². The van der Waals surface area contributed by atoms with Crippen molar-refractivity contribution in [2.75, 3.05) is 37.6 Å². The van der Waals surface area contributed by atoms with Crippen molar-refractivity contribution in [1.82, 2.24) is 15.2 Å². The van der Waals surface area contributed by atoms with E-state index < -0.39 is 0 Å². The number of anilines is 1. The predicted octanol–water partition coefficient (Wildman–Crippen LogP) is 3.10. The molecule has 0 saturated carbocycles. The Hall–Kier alpha value is -3.38. The molecule has 1 aromatic heterocycles. The van der Waals surface area contributed by atoms with Gasteiger partial charge in [0, 0.05) is 38.9 Å². The van der Waals surface area contributed by atoms with Gasteiger partial charge < -0.3 is 15.0 Å². The SMILES string of the molecule is O=C(CN1CCN(c2ccccn2)CC1)NCc1cccc(OCc2ccccc2)c1. The quantitative estimate of drug-likeness (QED) is 0.612. The van der Waals surface area contributed by atoms with Crippen LogP contribution in [0.25, 0.3) is 0 Å². The molecule has 0 aliphatic carbocycles. The Balaban J connectivity index is 1.19. The van der Waals surface area contributed by atoms with Crippen molar-refractivity contribution in [3.8, 4) is 5.75 Å². The van der Waals surface area contributed by atoms with Crippen molar-refractivity contribution in [2.45, 2.75) is 13.2 Å². The first-order chi connectivity index (χ1) is 15.3. The minimum absolute atomic E-state index is 0.0434. The molecule has 1 N–H and O–H groups in total. The molecule has 1 aliphatic rings. The summed E-state index contributed by atoms with van der Waals surface area (Å²) in [6, 6.07) is 23.9. The number of nitrogens with zero attached hydrogens (tertiary/aromatic N) is 3. The van der Waals surface area contributed by atoms with Crippen LogP contribution in [0.2, 0.25) is 0 Å². The van der Waals surface area contributed by atoms with Crippen molar-refractivity contribution < 1.29 is 9.53 Å². The number of hydrogen-bond acceptors (Lipinski definition) is 5. The summed E-state index contributed by atoms with van der Waals surface area (Å²) in [5.74, 6) is 1.85. The van der Waals surface area contributed by atoms with E-state index in [1.54, 1.807) is 0 Å². The number of ether oxygens (including phenoxy) is 1. The number of rotatable bonds is 8. The van der Waals surface area contributed by atoms with Crippen molar-refractivity contribution in [3.63, 3.8) is 0 Å². The number of piperazine rings is 1. The van der Waals surface area contributed by atoms with Gasteiger partial charge in [-0.2, -0.15) is 0 Å². The van der Waals surface area contributed by atoms with E-state index in [1.807, 2.05) is 79.0 Å². The van der Waals surface area contributed by atoms with Crippen LogP contribution >= 0.6 is 0 Å². The summed E-state index contributed by atoms with van der Waals surface area (Å²) in [6.07, 6.45) is 1.82. The number of amides is 1. The number of benzene rings is 2. The third kappa shape index (κ3) is 6.30. The Labute approximate surface area is 183 Å². The summed E-state index contributed by atoms with van der Waals surface area (Å²) in [5.41, 5.74) is 2.16. The molecule has 1 amide bonds. The van der Waals surface area contributed by atoms with E-state index in [0.717, 1.165) is 48.9 Å². The smallest absolute Gasteiger partial charge is 0.234 e. The van der Waals surface area contributed by atoms with E-state index in [1.165, 1.54) is 0 Å². The van der Waals surface area contributed by atoms with Gasteiger partial charge in [0.15, 0.2) is 0 Å². The van der Waals surface area contributed by atoms with Gasteiger partial charge in [-0.3, -0.25) is 9.69 Å². The first-order valence-corrected chi connectivity index (χ1v) is 10.7. The van der Waals surface area contributed by atoms with Gasteiger partial charge in [-0.05, 0) is 35.4 Å². The Morgan fingerprint density at radius 2 is 1.68 bits per heavy atom. The van der Waals surface area contributed by atoms with Crippen molar-refractivity contribution >= 4 is 11.7 Å². The van der Waals surface area contributed by atoms with E-state index in [4.69, 9.17) is 4.74 Å². The van der Waals surface area contributed by atoms with E-state index in [2.05, 4.69) is 20.1 Å². The fourth-order valence-corrected chi connectivity index (χ4v) is 3.62. The number of nitrogens with one attached hydrogen (secondary N) is 1. The largest absolute Gasteiger partial charge is 0.489 e. The van der Waals surface area contributed by atoms with Crippen LogP contribution in [0, 0.1) is 0 Å². The minimum atomic E-state index is 0.0434. The summed E-state index contributed by atoms with van der Waals surface area (Å²) >= 11 is 0. The highest BCUT2D eigenvalue weighted by atomic mass is 16.5. The summed E-state index contributed by atoms with van der Waals surface area (Å²) in [6.45, 7) is 4.91. The summed E-state index contributed by atoms with van der Waals surface area (Å²) < 4.78 is 5.88. The van der Waals surface area contributed by atoms with Crippen LogP contribution in [0.5, 0.6) is 5.75 Å². The van der Waals surface area contributed by atoms with Gasteiger partial charge in [0.05, 0.1) is 6.54 Å². The molecule has 0 spiro atoms. The fraction of sp³-hybridized carbons (Fsp3) is 0.280. The van der Waals surface area contributed by atoms with Crippen molar-refractivity contribution in [3.05, 3.63) is 90.1 Å². The normalized spacial score (nSPS) is 14.3. The van der Waals surface area contributed by atoms with Gasteiger partial charge >= 0.3 is 0 Å². The molecule has 31 heavy (non-hydrogen) atoms. The predicted molar refractivity (Wildman–Crippen MR) is 122 cm³/mol. The Morgan fingerprint density at radius 1 is 0.903 bits per heavy atom. The number of hydrogen-bond donors (Lipinski definition) is 1. The molecule has 1 fully saturated rings. The lowest BCUT2D eigenvalue weighted by Gasteiger charge is -2.34. The molecule has 0 unspecified atom stereocenters. The molecule has 6 heteroatoms. The molecule has 3 aromatic rings. The lowest BCUT2D eigenvalue weighted by atomic mass is 10.2. The summed E-state index contributed by atoms with van der Waals surface area (Å²) in [5, 5.41) is 3.03. The Kier molecular flexibility index (Phi) is 7.13. The topological polar surface area (TPSA) is 57.7 Å². The molecule has 4 rings (SSSR count). The highest BCUT2D eigenvalue weighted by molar-refractivity contribution is 5.78. The van der Waals surface area contributed by atoms with E-state index >= 15 is 0 Å². The van der Waals surface area contributed by atoms with Crippen LogP contribution in [-0.4, -0.2) is 48.5 Å². The summed E-state index contributed by atoms with van der Waals surface area (Å²) in [7, 11) is 0. The molecular formula is C25H28N4O2.